The molecule has 0 heterocycles. The standard InChI is InChI=1S/C17H24N2O2/c1-13-7-5-6-10-15(13)19-17(21)12-18-16(20)11-14-8-3-2-4-9-14/h2-4,8-9,13,15H,5-7,10-12H2,1H3,(H,18,20)(H,19,21). The Labute approximate surface area is 126 Å². The Morgan fingerprint density at radius 3 is 2.52 bits per heavy atom. The topological polar surface area (TPSA) is 58.2 Å². The molecule has 0 bridgehead atoms. The van der Waals surface area contributed by atoms with Crippen molar-refractivity contribution in [1.29, 1.82) is 0 Å². The van der Waals surface area contributed by atoms with Gasteiger partial charge in [-0.3, -0.25) is 9.59 Å². The summed E-state index contributed by atoms with van der Waals surface area (Å²) in [6.45, 7) is 2.24. The highest BCUT2D eigenvalue weighted by molar-refractivity contribution is 5.85. The monoisotopic (exact) mass is 288 g/mol. The maximum absolute atomic E-state index is 11.9. The molecule has 4 heteroatoms. The molecule has 4 nitrogen and oxygen atoms in total. The van der Waals surface area contributed by atoms with Crippen LogP contribution in [-0.2, 0) is 16.0 Å². The number of amides is 2. The molecule has 2 atom stereocenters. The lowest BCUT2D eigenvalue weighted by Gasteiger charge is -2.29. The number of rotatable bonds is 5. The van der Waals surface area contributed by atoms with E-state index in [-0.39, 0.29) is 24.4 Å². The lowest BCUT2D eigenvalue weighted by Crippen LogP contribution is -2.45. The normalized spacial score (nSPS) is 21.6. The highest BCUT2D eigenvalue weighted by Crippen LogP contribution is 2.23. The van der Waals surface area contributed by atoms with Gasteiger partial charge in [0.15, 0.2) is 0 Å². The molecule has 1 aliphatic carbocycles. The van der Waals surface area contributed by atoms with Crippen LogP contribution in [0, 0.1) is 5.92 Å². The summed E-state index contributed by atoms with van der Waals surface area (Å²) in [5, 5.41) is 5.72. The lowest BCUT2D eigenvalue weighted by molar-refractivity contribution is -0.126. The van der Waals surface area contributed by atoms with E-state index in [0.29, 0.717) is 12.3 Å². The Bertz CT molecular complexity index is 473. The van der Waals surface area contributed by atoms with E-state index in [2.05, 4.69) is 17.6 Å². The van der Waals surface area contributed by atoms with Gasteiger partial charge in [0.25, 0.3) is 0 Å². The Morgan fingerprint density at radius 2 is 1.81 bits per heavy atom. The van der Waals surface area contributed by atoms with Crippen molar-refractivity contribution in [3.05, 3.63) is 35.9 Å². The summed E-state index contributed by atoms with van der Waals surface area (Å²) in [6.07, 6.45) is 4.96. The fraction of sp³-hybridized carbons (Fsp3) is 0.529. The summed E-state index contributed by atoms with van der Waals surface area (Å²) < 4.78 is 0. The summed E-state index contributed by atoms with van der Waals surface area (Å²) in [5.41, 5.74) is 0.955. The molecule has 21 heavy (non-hydrogen) atoms. The molecule has 2 unspecified atom stereocenters. The van der Waals surface area contributed by atoms with Crippen molar-refractivity contribution in [3.63, 3.8) is 0 Å². The summed E-state index contributed by atoms with van der Waals surface area (Å²) in [5.74, 6) is 0.325. The van der Waals surface area contributed by atoms with Gasteiger partial charge in [-0.2, -0.15) is 0 Å². The van der Waals surface area contributed by atoms with Crippen LogP contribution in [0.15, 0.2) is 30.3 Å². The maximum atomic E-state index is 11.9. The molecule has 1 aromatic rings. The first-order chi connectivity index (χ1) is 10.1. The molecule has 0 aliphatic heterocycles. The first-order valence-corrected chi connectivity index (χ1v) is 7.75. The van der Waals surface area contributed by atoms with Gasteiger partial charge in [0, 0.05) is 6.04 Å². The second-order valence-corrected chi connectivity index (χ2v) is 5.87. The highest BCUT2D eigenvalue weighted by atomic mass is 16.2. The molecular weight excluding hydrogens is 264 g/mol. The minimum Gasteiger partial charge on any atom is -0.352 e. The second-order valence-electron chi connectivity index (χ2n) is 5.87. The molecule has 1 aromatic carbocycles. The molecule has 0 radical (unpaired) electrons. The zero-order valence-corrected chi connectivity index (χ0v) is 12.6. The SMILES string of the molecule is CC1CCCCC1NC(=O)CNC(=O)Cc1ccccc1. The predicted octanol–water partition coefficient (Wildman–Crippen LogP) is 2.04. The van der Waals surface area contributed by atoms with E-state index in [9.17, 15) is 9.59 Å². The largest absolute Gasteiger partial charge is 0.352 e. The summed E-state index contributed by atoms with van der Waals surface area (Å²) in [6, 6.07) is 9.80. The van der Waals surface area contributed by atoms with Crippen LogP contribution >= 0.6 is 0 Å². The number of hydrogen-bond donors (Lipinski definition) is 2. The molecule has 1 fully saturated rings. The quantitative estimate of drug-likeness (QED) is 0.871. The lowest BCUT2D eigenvalue weighted by atomic mass is 9.86. The summed E-state index contributed by atoms with van der Waals surface area (Å²) in [7, 11) is 0. The first kappa shape index (κ1) is 15.5. The van der Waals surface area contributed by atoms with E-state index in [0.717, 1.165) is 12.0 Å². The molecule has 0 saturated heterocycles. The van der Waals surface area contributed by atoms with E-state index < -0.39 is 0 Å². The van der Waals surface area contributed by atoms with Crippen molar-refractivity contribution in [2.75, 3.05) is 6.54 Å². The smallest absolute Gasteiger partial charge is 0.239 e. The molecule has 1 aliphatic rings. The zero-order valence-electron chi connectivity index (χ0n) is 12.6. The highest BCUT2D eigenvalue weighted by Gasteiger charge is 2.22. The van der Waals surface area contributed by atoms with Crippen molar-refractivity contribution < 1.29 is 9.59 Å². The molecular formula is C17H24N2O2. The van der Waals surface area contributed by atoms with Gasteiger partial charge in [0.2, 0.25) is 11.8 Å². The van der Waals surface area contributed by atoms with Gasteiger partial charge in [0.05, 0.1) is 13.0 Å². The van der Waals surface area contributed by atoms with Gasteiger partial charge in [-0.25, -0.2) is 0 Å². The molecule has 0 spiro atoms. The van der Waals surface area contributed by atoms with E-state index in [1.807, 2.05) is 30.3 Å². The van der Waals surface area contributed by atoms with Gasteiger partial charge < -0.3 is 10.6 Å². The van der Waals surface area contributed by atoms with Crippen LogP contribution in [-0.4, -0.2) is 24.4 Å². The third-order valence-electron chi connectivity index (χ3n) is 4.11. The van der Waals surface area contributed by atoms with Gasteiger partial charge in [-0.05, 0) is 24.3 Å². The first-order valence-electron chi connectivity index (χ1n) is 7.75. The van der Waals surface area contributed by atoms with Crippen LogP contribution in [0.25, 0.3) is 0 Å². The Balaban J connectivity index is 1.69. The molecule has 114 valence electrons. The van der Waals surface area contributed by atoms with E-state index in [4.69, 9.17) is 0 Å². The van der Waals surface area contributed by atoms with Crippen molar-refractivity contribution in [2.24, 2.45) is 5.92 Å². The van der Waals surface area contributed by atoms with Crippen LogP contribution in [0.2, 0.25) is 0 Å². The fourth-order valence-corrected chi connectivity index (χ4v) is 2.81. The van der Waals surface area contributed by atoms with E-state index in [1.54, 1.807) is 0 Å². The molecule has 2 rings (SSSR count). The van der Waals surface area contributed by atoms with Crippen molar-refractivity contribution in [3.8, 4) is 0 Å². The summed E-state index contributed by atoms with van der Waals surface area (Å²) in [4.78, 5) is 23.7. The van der Waals surface area contributed by atoms with E-state index in [1.165, 1.54) is 19.3 Å². The van der Waals surface area contributed by atoms with Crippen LogP contribution in [0.1, 0.15) is 38.2 Å². The Hall–Kier alpha value is -1.84. The molecule has 1 saturated carbocycles. The van der Waals surface area contributed by atoms with E-state index >= 15 is 0 Å². The van der Waals surface area contributed by atoms with Gasteiger partial charge >= 0.3 is 0 Å². The zero-order chi connectivity index (χ0) is 15.1. The molecule has 2 amide bonds. The molecule has 2 N–H and O–H groups in total. The van der Waals surface area contributed by atoms with Crippen LogP contribution in [0.5, 0.6) is 0 Å². The number of nitrogens with one attached hydrogen (secondary N) is 2. The van der Waals surface area contributed by atoms with Crippen LogP contribution < -0.4 is 10.6 Å². The minimum atomic E-state index is -0.118. The average molecular weight is 288 g/mol. The van der Waals surface area contributed by atoms with Crippen LogP contribution in [0.3, 0.4) is 0 Å². The summed E-state index contributed by atoms with van der Waals surface area (Å²) >= 11 is 0. The van der Waals surface area contributed by atoms with Gasteiger partial charge in [-0.1, -0.05) is 50.1 Å². The van der Waals surface area contributed by atoms with Crippen molar-refractivity contribution in [2.45, 2.75) is 45.1 Å². The van der Waals surface area contributed by atoms with Crippen molar-refractivity contribution in [1.82, 2.24) is 10.6 Å². The average Bonchev–Trinajstić information content (AvgIpc) is 2.49. The Morgan fingerprint density at radius 1 is 1.10 bits per heavy atom. The van der Waals surface area contributed by atoms with Gasteiger partial charge in [-0.15, -0.1) is 0 Å². The number of carbonyl (C=O) groups is 2. The second kappa shape index (κ2) is 7.81. The minimum absolute atomic E-state index is 0.0644. The Kier molecular flexibility index (Phi) is 5.78. The number of carbonyl (C=O) groups excluding carboxylic acids is 2. The third-order valence-corrected chi connectivity index (χ3v) is 4.11. The maximum Gasteiger partial charge on any atom is 0.239 e. The number of benzene rings is 1. The molecule has 0 aromatic heterocycles. The van der Waals surface area contributed by atoms with Crippen LogP contribution in [0.4, 0.5) is 0 Å². The fourth-order valence-electron chi connectivity index (χ4n) is 2.81. The predicted molar refractivity (Wildman–Crippen MR) is 82.7 cm³/mol. The van der Waals surface area contributed by atoms with Gasteiger partial charge in [0.1, 0.15) is 0 Å². The van der Waals surface area contributed by atoms with Crippen molar-refractivity contribution >= 4 is 11.8 Å². The number of hydrogen-bond acceptors (Lipinski definition) is 2. The third kappa shape index (κ3) is 5.21.